The number of nitrogens with two attached hydrogens (primary N) is 1. The molecule has 0 spiro atoms. The van der Waals surface area contributed by atoms with E-state index in [1.807, 2.05) is 0 Å². The number of nitrogen functional groups attached to an aromatic ring is 1. The van der Waals surface area contributed by atoms with Crippen LogP contribution in [0.25, 0.3) is 0 Å². The zero-order chi connectivity index (χ0) is 10.7. The van der Waals surface area contributed by atoms with Crippen molar-refractivity contribution in [3.05, 3.63) is 17.3 Å². The van der Waals surface area contributed by atoms with Crippen molar-refractivity contribution >= 4 is 21.7 Å². The first-order chi connectivity index (χ1) is 6.60. The molecule has 6 heteroatoms. The predicted octanol–water partition coefficient (Wildman–Crippen LogP) is 2.50. The summed E-state index contributed by atoms with van der Waals surface area (Å²) in [5.41, 5.74) is 5.67. The van der Waals surface area contributed by atoms with E-state index in [4.69, 9.17) is 10.5 Å². The Balaban J connectivity index is 3.24. The third kappa shape index (κ3) is 2.12. The molecule has 0 radical (unpaired) electrons. The van der Waals surface area contributed by atoms with Gasteiger partial charge in [-0.15, -0.1) is 0 Å². The molecule has 0 aliphatic carbocycles. The van der Waals surface area contributed by atoms with E-state index < -0.39 is 12.1 Å². The molecule has 1 aromatic heterocycles. The molecular weight excluding hydrogens is 258 g/mol. The van der Waals surface area contributed by atoms with E-state index in [1.54, 1.807) is 0 Å². The number of halogens is 3. The summed E-state index contributed by atoms with van der Waals surface area (Å²) < 4.78 is 29.6. The molecule has 0 saturated carbocycles. The van der Waals surface area contributed by atoms with Crippen molar-refractivity contribution in [1.29, 1.82) is 0 Å². The molecule has 0 unspecified atom stereocenters. The van der Waals surface area contributed by atoms with Crippen LogP contribution in [-0.2, 0) is 5.33 Å². The predicted molar refractivity (Wildman–Crippen MR) is 52.8 cm³/mol. The van der Waals surface area contributed by atoms with Gasteiger partial charge >= 0.3 is 0 Å². The van der Waals surface area contributed by atoms with Crippen LogP contribution in [0, 0.1) is 0 Å². The maximum absolute atomic E-state index is 12.4. The van der Waals surface area contributed by atoms with Gasteiger partial charge in [-0.2, -0.15) is 0 Å². The Kier molecular flexibility index (Phi) is 3.62. The molecule has 1 rings (SSSR count). The highest BCUT2D eigenvalue weighted by atomic mass is 79.9. The van der Waals surface area contributed by atoms with Gasteiger partial charge in [0.05, 0.1) is 7.11 Å². The van der Waals surface area contributed by atoms with Crippen LogP contribution in [0.5, 0.6) is 5.75 Å². The van der Waals surface area contributed by atoms with Crippen LogP contribution in [0.15, 0.2) is 6.07 Å². The second kappa shape index (κ2) is 4.54. The van der Waals surface area contributed by atoms with Crippen molar-refractivity contribution in [3.8, 4) is 5.75 Å². The number of hydrogen-bond donors (Lipinski definition) is 1. The highest BCUT2D eigenvalue weighted by molar-refractivity contribution is 9.08. The van der Waals surface area contributed by atoms with Crippen molar-refractivity contribution in [1.82, 2.24) is 4.98 Å². The van der Waals surface area contributed by atoms with E-state index in [9.17, 15) is 8.78 Å². The molecule has 78 valence electrons. The topological polar surface area (TPSA) is 48.1 Å². The van der Waals surface area contributed by atoms with Gasteiger partial charge in [-0.05, 0) is 6.07 Å². The molecule has 0 amide bonds. The van der Waals surface area contributed by atoms with Crippen molar-refractivity contribution in [2.75, 3.05) is 12.8 Å². The molecule has 1 heterocycles. The lowest BCUT2D eigenvalue weighted by Crippen LogP contribution is -2.03. The first kappa shape index (κ1) is 11.2. The Hall–Kier alpha value is -0.910. The van der Waals surface area contributed by atoms with E-state index in [0.717, 1.165) is 0 Å². The Morgan fingerprint density at radius 2 is 2.29 bits per heavy atom. The van der Waals surface area contributed by atoms with Crippen LogP contribution in [0.3, 0.4) is 0 Å². The van der Waals surface area contributed by atoms with Gasteiger partial charge in [0, 0.05) is 10.9 Å². The van der Waals surface area contributed by atoms with Gasteiger partial charge in [0.1, 0.15) is 11.6 Å². The van der Waals surface area contributed by atoms with Gasteiger partial charge in [0.25, 0.3) is 6.43 Å². The minimum atomic E-state index is -2.68. The van der Waals surface area contributed by atoms with Gasteiger partial charge in [-0.25, -0.2) is 13.8 Å². The van der Waals surface area contributed by atoms with E-state index in [1.165, 1.54) is 13.2 Å². The van der Waals surface area contributed by atoms with E-state index in [0.29, 0.717) is 10.9 Å². The van der Waals surface area contributed by atoms with E-state index in [-0.39, 0.29) is 11.6 Å². The summed E-state index contributed by atoms with van der Waals surface area (Å²) in [6, 6.07) is 1.46. The van der Waals surface area contributed by atoms with E-state index in [2.05, 4.69) is 20.9 Å². The van der Waals surface area contributed by atoms with Gasteiger partial charge < -0.3 is 10.5 Å². The van der Waals surface area contributed by atoms with Crippen LogP contribution in [0.4, 0.5) is 14.6 Å². The highest BCUT2D eigenvalue weighted by Crippen LogP contribution is 2.30. The average Bonchev–Trinajstić information content (AvgIpc) is 2.17. The number of alkyl halides is 3. The molecular formula is C8H9BrF2N2O. The Labute approximate surface area is 88.4 Å². The van der Waals surface area contributed by atoms with Gasteiger partial charge in [0.15, 0.2) is 5.69 Å². The van der Waals surface area contributed by atoms with Crippen LogP contribution in [-0.4, -0.2) is 12.1 Å². The van der Waals surface area contributed by atoms with Gasteiger partial charge in [-0.3, -0.25) is 0 Å². The van der Waals surface area contributed by atoms with Crippen molar-refractivity contribution in [3.63, 3.8) is 0 Å². The Bertz CT molecular complexity index is 333. The molecule has 0 saturated heterocycles. The second-order valence-electron chi connectivity index (χ2n) is 2.55. The number of anilines is 1. The van der Waals surface area contributed by atoms with E-state index >= 15 is 0 Å². The number of rotatable bonds is 3. The zero-order valence-corrected chi connectivity index (χ0v) is 9.01. The number of pyridine rings is 1. The van der Waals surface area contributed by atoms with Gasteiger partial charge in [-0.1, -0.05) is 15.9 Å². The quantitative estimate of drug-likeness (QED) is 0.856. The maximum atomic E-state index is 12.4. The van der Waals surface area contributed by atoms with Crippen molar-refractivity contribution < 1.29 is 13.5 Å². The molecule has 14 heavy (non-hydrogen) atoms. The minimum Gasteiger partial charge on any atom is -0.495 e. The summed E-state index contributed by atoms with van der Waals surface area (Å²) in [6.07, 6.45) is -2.68. The standard InChI is InChI=1S/C8H9BrF2N2O/c1-14-5-2-4(3-9)8(12)13-6(5)7(10)11/h2,7H,3H2,1H3,(H2,12,13). The third-order valence-corrected chi connectivity index (χ3v) is 2.30. The lowest BCUT2D eigenvalue weighted by Gasteiger charge is -2.10. The van der Waals surface area contributed by atoms with Crippen LogP contribution >= 0.6 is 15.9 Å². The smallest absolute Gasteiger partial charge is 0.284 e. The molecule has 0 aromatic carbocycles. The molecule has 1 aromatic rings. The first-order valence-corrected chi connectivity index (χ1v) is 4.89. The Morgan fingerprint density at radius 1 is 1.64 bits per heavy atom. The first-order valence-electron chi connectivity index (χ1n) is 3.77. The summed E-state index contributed by atoms with van der Waals surface area (Å²) in [7, 11) is 1.32. The number of nitrogens with zero attached hydrogens (tertiary/aromatic N) is 1. The molecule has 0 bridgehead atoms. The number of methoxy groups -OCH3 is 1. The second-order valence-corrected chi connectivity index (χ2v) is 3.12. The average molecular weight is 267 g/mol. The fourth-order valence-corrected chi connectivity index (χ4v) is 1.44. The minimum absolute atomic E-state index is 0.0589. The largest absolute Gasteiger partial charge is 0.495 e. The monoisotopic (exact) mass is 266 g/mol. The third-order valence-electron chi connectivity index (χ3n) is 1.70. The highest BCUT2D eigenvalue weighted by Gasteiger charge is 2.18. The van der Waals surface area contributed by atoms with Crippen molar-refractivity contribution in [2.24, 2.45) is 0 Å². The summed E-state index contributed by atoms with van der Waals surface area (Å²) in [4.78, 5) is 3.59. The maximum Gasteiger partial charge on any atom is 0.284 e. The SMILES string of the molecule is COc1cc(CBr)c(N)nc1C(F)F. The molecule has 0 atom stereocenters. The lowest BCUT2D eigenvalue weighted by molar-refractivity contribution is 0.141. The number of aromatic nitrogens is 1. The molecule has 0 aliphatic rings. The van der Waals surface area contributed by atoms with Crippen LogP contribution < -0.4 is 10.5 Å². The van der Waals surface area contributed by atoms with Gasteiger partial charge in [0.2, 0.25) is 0 Å². The molecule has 0 aliphatic heterocycles. The summed E-state index contributed by atoms with van der Waals surface area (Å²) >= 11 is 3.17. The number of hydrogen-bond acceptors (Lipinski definition) is 3. The molecule has 2 N–H and O–H groups in total. The lowest BCUT2D eigenvalue weighted by atomic mass is 10.2. The fraction of sp³-hybridized carbons (Fsp3) is 0.375. The summed E-state index contributed by atoms with van der Waals surface area (Å²) in [5.74, 6) is 0.154. The molecule has 3 nitrogen and oxygen atoms in total. The fourth-order valence-electron chi connectivity index (χ4n) is 0.990. The zero-order valence-electron chi connectivity index (χ0n) is 7.43. The number of ether oxygens (including phenoxy) is 1. The summed E-state index contributed by atoms with van der Waals surface area (Å²) in [6.45, 7) is 0. The summed E-state index contributed by atoms with van der Waals surface area (Å²) in [5, 5.41) is 0.450. The normalized spacial score (nSPS) is 10.6. The van der Waals surface area contributed by atoms with Crippen LogP contribution in [0.1, 0.15) is 17.7 Å². The van der Waals surface area contributed by atoms with Crippen LogP contribution in [0.2, 0.25) is 0 Å². The van der Waals surface area contributed by atoms with Crippen molar-refractivity contribution in [2.45, 2.75) is 11.8 Å². The Morgan fingerprint density at radius 3 is 2.71 bits per heavy atom. The molecule has 0 fully saturated rings.